The first-order valence-corrected chi connectivity index (χ1v) is 8.22. The second kappa shape index (κ2) is 6.57. The van der Waals surface area contributed by atoms with Gasteiger partial charge in [-0.25, -0.2) is 4.98 Å². The maximum absolute atomic E-state index is 12.9. The van der Waals surface area contributed by atoms with Crippen molar-refractivity contribution in [2.75, 3.05) is 19.7 Å². The molecular formula is C18H19N3O3. The number of ether oxygens (including phenoxy) is 2. The average Bonchev–Trinajstić information content (AvgIpc) is 3.10. The average molecular weight is 325 g/mol. The van der Waals surface area contributed by atoms with Gasteiger partial charge in [0, 0.05) is 25.4 Å². The highest BCUT2D eigenvalue weighted by atomic mass is 16.5. The van der Waals surface area contributed by atoms with Crippen molar-refractivity contribution in [3.8, 4) is 5.88 Å². The van der Waals surface area contributed by atoms with Crippen LogP contribution in [0, 0.1) is 0 Å². The molecule has 1 fully saturated rings. The number of fused-ring (bicyclic) bond motifs is 1. The van der Waals surface area contributed by atoms with Crippen LogP contribution in [0.2, 0.25) is 0 Å². The van der Waals surface area contributed by atoms with Gasteiger partial charge in [0.2, 0.25) is 5.88 Å². The normalized spacial score (nSPS) is 22.9. The molecule has 3 heterocycles. The third kappa shape index (κ3) is 2.97. The Morgan fingerprint density at radius 3 is 3.08 bits per heavy atom. The SMILES string of the molecule is O=C([C@H]1OCCc2ccccc21)N1CC[C@H](Oc2cnccn2)C1. The van der Waals surface area contributed by atoms with E-state index in [1.165, 1.54) is 5.56 Å². The Hall–Kier alpha value is -2.47. The van der Waals surface area contributed by atoms with E-state index in [-0.39, 0.29) is 12.0 Å². The third-order valence-electron chi connectivity index (χ3n) is 4.50. The van der Waals surface area contributed by atoms with Crippen molar-refractivity contribution in [3.63, 3.8) is 0 Å². The quantitative estimate of drug-likeness (QED) is 0.860. The molecule has 0 unspecified atom stereocenters. The van der Waals surface area contributed by atoms with E-state index in [1.807, 2.05) is 23.1 Å². The number of carbonyl (C=O) groups excluding carboxylic acids is 1. The number of benzene rings is 1. The maximum atomic E-state index is 12.9. The minimum absolute atomic E-state index is 0.0207. The van der Waals surface area contributed by atoms with E-state index in [9.17, 15) is 4.79 Å². The summed E-state index contributed by atoms with van der Waals surface area (Å²) in [5.74, 6) is 0.517. The van der Waals surface area contributed by atoms with Crippen LogP contribution in [0.25, 0.3) is 0 Å². The fourth-order valence-electron chi connectivity index (χ4n) is 3.31. The molecular weight excluding hydrogens is 306 g/mol. The zero-order chi connectivity index (χ0) is 16.4. The molecule has 6 heteroatoms. The summed E-state index contributed by atoms with van der Waals surface area (Å²) < 4.78 is 11.6. The second-order valence-corrected chi connectivity index (χ2v) is 6.06. The van der Waals surface area contributed by atoms with E-state index < -0.39 is 6.10 Å². The van der Waals surface area contributed by atoms with E-state index in [4.69, 9.17) is 9.47 Å². The van der Waals surface area contributed by atoms with Crippen LogP contribution in [0.3, 0.4) is 0 Å². The number of hydrogen-bond donors (Lipinski definition) is 0. The lowest BCUT2D eigenvalue weighted by Gasteiger charge is -2.28. The van der Waals surface area contributed by atoms with Gasteiger partial charge >= 0.3 is 0 Å². The van der Waals surface area contributed by atoms with Crippen molar-refractivity contribution in [2.24, 2.45) is 0 Å². The molecule has 2 aliphatic heterocycles. The van der Waals surface area contributed by atoms with Gasteiger partial charge < -0.3 is 14.4 Å². The molecule has 6 nitrogen and oxygen atoms in total. The minimum Gasteiger partial charge on any atom is -0.471 e. The molecule has 1 amide bonds. The van der Waals surface area contributed by atoms with Gasteiger partial charge in [-0.1, -0.05) is 24.3 Å². The van der Waals surface area contributed by atoms with Crippen LogP contribution >= 0.6 is 0 Å². The van der Waals surface area contributed by atoms with Crippen LogP contribution < -0.4 is 4.74 Å². The number of likely N-dealkylation sites (tertiary alicyclic amines) is 1. The summed E-state index contributed by atoms with van der Waals surface area (Å²) in [5, 5.41) is 0. The van der Waals surface area contributed by atoms with E-state index in [2.05, 4.69) is 16.0 Å². The molecule has 1 saturated heterocycles. The number of rotatable bonds is 3. The molecule has 0 radical (unpaired) electrons. The predicted molar refractivity (Wildman–Crippen MR) is 86.5 cm³/mol. The first-order valence-electron chi connectivity index (χ1n) is 8.22. The summed E-state index contributed by atoms with van der Waals surface area (Å²) in [6.45, 7) is 1.81. The highest BCUT2D eigenvalue weighted by Crippen LogP contribution is 2.30. The Labute approximate surface area is 140 Å². The fourth-order valence-corrected chi connectivity index (χ4v) is 3.31. The summed E-state index contributed by atoms with van der Waals surface area (Å²) in [7, 11) is 0. The van der Waals surface area contributed by atoms with Crippen LogP contribution in [0.1, 0.15) is 23.7 Å². The van der Waals surface area contributed by atoms with Gasteiger partial charge in [-0.15, -0.1) is 0 Å². The molecule has 2 atom stereocenters. The summed E-state index contributed by atoms with van der Waals surface area (Å²) >= 11 is 0. The first kappa shape index (κ1) is 15.1. The van der Waals surface area contributed by atoms with Crippen molar-refractivity contribution < 1.29 is 14.3 Å². The van der Waals surface area contributed by atoms with Crippen LogP contribution in [0.4, 0.5) is 0 Å². The molecule has 0 saturated carbocycles. The third-order valence-corrected chi connectivity index (χ3v) is 4.50. The monoisotopic (exact) mass is 325 g/mol. The highest BCUT2D eigenvalue weighted by molar-refractivity contribution is 5.83. The summed E-state index contributed by atoms with van der Waals surface area (Å²) in [6.07, 6.45) is 5.89. The lowest BCUT2D eigenvalue weighted by Crippen LogP contribution is -2.37. The van der Waals surface area contributed by atoms with Crippen LogP contribution in [0.15, 0.2) is 42.9 Å². The van der Waals surface area contributed by atoms with Crippen molar-refractivity contribution in [1.82, 2.24) is 14.9 Å². The minimum atomic E-state index is -0.495. The summed E-state index contributed by atoms with van der Waals surface area (Å²) in [4.78, 5) is 22.8. The molecule has 0 aliphatic carbocycles. The van der Waals surface area contributed by atoms with Gasteiger partial charge in [0.25, 0.3) is 5.91 Å². The highest BCUT2D eigenvalue weighted by Gasteiger charge is 2.35. The molecule has 1 aromatic heterocycles. The second-order valence-electron chi connectivity index (χ2n) is 6.06. The maximum Gasteiger partial charge on any atom is 0.256 e. The Kier molecular flexibility index (Phi) is 4.13. The molecule has 24 heavy (non-hydrogen) atoms. The lowest BCUT2D eigenvalue weighted by molar-refractivity contribution is -0.144. The Morgan fingerprint density at radius 2 is 2.21 bits per heavy atom. The Morgan fingerprint density at radius 1 is 1.29 bits per heavy atom. The smallest absolute Gasteiger partial charge is 0.256 e. The molecule has 1 aromatic carbocycles. The topological polar surface area (TPSA) is 64.5 Å². The standard InChI is InChI=1S/C18H19N3O3/c22-18(17-15-4-2-1-3-13(15)6-10-23-17)21-9-5-14(12-21)24-16-11-19-7-8-20-16/h1-4,7-8,11,14,17H,5-6,9-10,12H2/t14-,17-/m0/s1. The largest absolute Gasteiger partial charge is 0.471 e. The number of hydrogen-bond acceptors (Lipinski definition) is 5. The van der Waals surface area contributed by atoms with Gasteiger partial charge in [-0.2, -0.15) is 0 Å². The van der Waals surface area contributed by atoms with Crippen LogP contribution in [0.5, 0.6) is 5.88 Å². The summed E-state index contributed by atoms with van der Waals surface area (Å²) in [6, 6.07) is 8.02. The zero-order valence-corrected chi connectivity index (χ0v) is 13.3. The van der Waals surface area contributed by atoms with E-state index >= 15 is 0 Å². The lowest BCUT2D eigenvalue weighted by atomic mass is 9.97. The van der Waals surface area contributed by atoms with E-state index in [0.29, 0.717) is 25.6 Å². The van der Waals surface area contributed by atoms with Crippen LogP contribution in [-0.2, 0) is 16.0 Å². The molecule has 4 rings (SSSR count). The van der Waals surface area contributed by atoms with Crippen molar-refractivity contribution in [1.29, 1.82) is 0 Å². The van der Waals surface area contributed by atoms with Gasteiger partial charge in [0.15, 0.2) is 6.10 Å². The van der Waals surface area contributed by atoms with Gasteiger partial charge in [-0.3, -0.25) is 9.78 Å². The van der Waals surface area contributed by atoms with Crippen molar-refractivity contribution in [3.05, 3.63) is 54.0 Å². The molecule has 0 bridgehead atoms. The molecule has 124 valence electrons. The molecule has 2 aromatic rings. The molecule has 2 aliphatic rings. The summed E-state index contributed by atoms with van der Waals surface area (Å²) in [5.41, 5.74) is 2.20. The van der Waals surface area contributed by atoms with Gasteiger partial charge in [0.05, 0.1) is 19.3 Å². The first-order chi connectivity index (χ1) is 11.8. The van der Waals surface area contributed by atoms with Crippen molar-refractivity contribution >= 4 is 5.91 Å². The number of carbonyl (C=O) groups is 1. The fraction of sp³-hybridized carbons (Fsp3) is 0.389. The zero-order valence-electron chi connectivity index (χ0n) is 13.3. The molecule has 0 N–H and O–H groups in total. The van der Waals surface area contributed by atoms with E-state index in [0.717, 1.165) is 18.4 Å². The van der Waals surface area contributed by atoms with Crippen molar-refractivity contribution in [2.45, 2.75) is 25.0 Å². The van der Waals surface area contributed by atoms with Gasteiger partial charge in [0.1, 0.15) is 6.10 Å². The van der Waals surface area contributed by atoms with Gasteiger partial charge in [-0.05, 0) is 17.5 Å². The molecule has 0 spiro atoms. The predicted octanol–water partition coefficient (Wildman–Crippen LogP) is 1.77. The number of amides is 1. The number of aromatic nitrogens is 2. The Bertz CT molecular complexity index is 722. The number of nitrogens with zero attached hydrogens (tertiary/aromatic N) is 3. The van der Waals surface area contributed by atoms with Crippen LogP contribution in [-0.4, -0.2) is 46.6 Å². The van der Waals surface area contributed by atoms with E-state index in [1.54, 1.807) is 18.6 Å². The Balaban J connectivity index is 1.43.